The molecule has 0 N–H and O–H groups in total. The average Bonchev–Trinajstić information content (AvgIpc) is 2.72. The minimum atomic E-state index is 0.640. The van der Waals surface area contributed by atoms with Crippen molar-refractivity contribution in [1.82, 2.24) is 0 Å². The Morgan fingerprint density at radius 2 is 1.73 bits per heavy atom. The van der Waals surface area contributed by atoms with Gasteiger partial charge in [0.2, 0.25) is 0 Å². The Kier molecular flexibility index (Phi) is 6.56. The van der Waals surface area contributed by atoms with E-state index in [1.807, 2.05) is 24.3 Å². The number of rotatable bonds is 5. The van der Waals surface area contributed by atoms with Crippen LogP contribution < -0.4 is 4.74 Å². The van der Waals surface area contributed by atoms with E-state index in [1.54, 1.807) is 0 Å². The molecule has 1 atom stereocenters. The molecule has 0 radical (unpaired) electrons. The van der Waals surface area contributed by atoms with Gasteiger partial charge in [-0.05, 0) is 79.0 Å². The van der Waals surface area contributed by atoms with Crippen molar-refractivity contribution in [1.29, 1.82) is 0 Å². The van der Waals surface area contributed by atoms with Gasteiger partial charge < -0.3 is 4.74 Å². The molecule has 3 rings (SSSR count). The van der Waals surface area contributed by atoms with E-state index in [0.717, 1.165) is 43.6 Å². The Balaban J connectivity index is 1.58. The lowest BCUT2D eigenvalue weighted by atomic mass is 9.84. The molecule has 26 heavy (non-hydrogen) atoms. The second-order valence-electron chi connectivity index (χ2n) is 6.92. The molecular formula is C25H28O. The zero-order valence-electron chi connectivity index (χ0n) is 15.9. The Bertz CT molecular complexity index is 785. The van der Waals surface area contributed by atoms with E-state index in [-0.39, 0.29) is 0 Å². The smallest absolute Gasteiger partial charge is 0.119 e. The summed E-state index contributed by atoms with van der Waals surface area (Å²) in [7, 11) is 0. The van der Waals surface area contributed by atoms with Crippen molar-refractivity contribution in [2.75, 3.05) is 6.61 Å². The van der Waals surface area contributed by atoms with Crippen LogP contribution in [0.5, 0.6) is 5.75 Å². The minimum absolute atomic E-state index is 0.640. The molecule has 1 aliphatic carbocycles. The van der Waals surface area contributed by atoms with Gasteiger partial charge in [0.15, 0.2) is 0 Å². The first-order valence-corrected chi connectivity index (χ1v) is 9.81. The molecule has 0 aromatic heterocycles. The third-order valence-corrected chi connectivity index (χ3v) is 4.96. The lowest BCUT2D eigenvalue weighted by molar-refractivity contribution is 0.317. The van der Waals surface area contributed by atoms with Gasteiger partial charge in [-0.2, -0.15) is 0 Å². The number of allylic oxidation sites excluding steroid dienone is 2. The molecule has 0 saturated heterocycles. The van der Waals surface area contributed by atoms with Crippen molar-refractivity contribution in [2.45, 2.75) is 51.9 Å². The maximum atomic E-state index is 5.61. The van der Waals surface area contributed by atoms with Crippen LogP contribution in [0.25, 0.3) is 0 Å². The summed E-state index contributed by atoms with van der Waals surface area (Å²) in [6.07, 6.45) is 7.82. The van der Waals surface area contributed by atoms with Crippen molar-refractivity contribution in [3.8, 4) is 17.6 Å². The average molecular weight is 344 g/mol. The number of hydrogen-bond acceptors (Lipinski definition) is 1. The van der Waals surface area contributed by atoms with Gasteiger partial charge in [-0.15, -0.1) is 0 Å². The molecule has 0 fully saturated rings. The largest absolute Gasteiger partial charge is 0.494 e. The Morgan fingerprint density at radius 1 is 0.962 bits per heavy atom. The van der Waals surface area contributed by atoms with Gasteiger partial charge >= 0.3 is 0 Å². The lowest BCUT2D eigenvalue weighted by Crippen LogP contribution is -2.03. The molecule has 134 valence electrons. The van der Waals surface area contributed by atoms with Crippen molar-refractivity contribution in [3.63, 3.8) is 0 Å². The first-order valence-electron chi connectivity index (χ1n) is 9.81. The SMILES string of the molecule is CCCOc1ccc(C#CC2=CCC(c3ccc(CC)cc3)CC2)cc1. The maximum absolute atomic E-state index is 5.61. The molecule has 1 aliphatic rings. The van der Waals surface area contributed by atoms with E-state index in [4.69, 9.17) is 4.74 Å². The third kappa shape index (κ3) is 5.02. The fraction of sp³-hybridized carbons (Fsp3) is 0.360. The minimum Gasteiger partial charge on any atom is -0.494 e. The summed E-state index contributed by atoms with van der Waals surface area (Å²) in [6.45, 7) is 5.08. The Labute approximate surface area is 158 Å². The third-order valence-electron chi connectivity index (χ3n) is 4.96. The van der Waals surface area contributed by atoms with E-state index in [9.17, 15) is 0 Å². The molecule has 0 heterocycles. The van der Waals surface area contributed by atoms with Gasteiger partial charge in [-0.25, -0.2) is 0 Å². The number of ether oxygens (including phenoxy) is 1. The predicted octanol–water partition coefficient (Wildman–Crippen LogP) is 6.28. The zero-order chi connectivity index (χ0) is 18.2. The standard InChI is InChI=1S/C25H28O/c1-3-19-26-25-17-11-22(12-18-25)6-5-21-9-15-24(16-10-21)23-13-7-20(4-2)8-14-23/h7-9,11-14,17-18,24H,3-4,10,15-16,19H2,1-2H3. The van der Waals surface area contributed by atoms with Gasteiger partial charge in [0.25, 0.3) is 0 Å². The maximum Gasteiger partial charge on any atom is 0.119 e. The van der Waals surface area contributed by atoms with Crippen molar-refractivity contribution in [2.24, 2.45) is 0 Å². The second kappa shape index (κ2) is 9.30. The number of hydrogen-bond donors (Lipinski definition) is 0. The zero-order valence-corrected chi connectivity index (χ0v) is 15.9. The predicted molar refractivity (Wildman–Crippen MR) is 110 cm³/mol. The second-order valence-corrected chi connectivity index (χ2v) is 6.92. The van der Waals surface area contributed by atoms with Gasteiger partial charge in [0.05, 0.1) is 6.61 Å². The summed E-state index contributed by atoms with van der Waals surface area (Å²) in [5, 5.41) is 0. The van der Waals surface area contributed by atoms with Crippen LogP contribution in [-0.2, 0) is 6.42 Å². The lowest BCUT2D eigenvalue weighted by Gasteiger charge is -2.20. The fourth-order valence-corrected chi connectivity index (χ4v) is 3.28. The monoisotopic (exact) mass is 344 g/mol. The van der Waals surface area contributed by atoms with Crippen molar-refractivity contribution < 1.29 is 4.74 Å². The van der Waals surface area contributed by atoms with Crippen molar-refractivity contribution in [3.05, 3.63) is 76.9 Å². The van der Waals surface area contributed by atoms with E-state index >= 15 is 0 Å². The summed E-state index contributed by atoms with van der Waals surface area (Å²) >= 11 is 0. The molecule has 0 amide bonds. The van der Waals surface area contributed by atoms with E-state index in [2.05, 4.69) is 56.0 Å². The molecule has 0 spiro atoms. The van der Waals surface area contributed by atoms with Gasteiger partial charge in [-0.3, -0.25) is 0 Å². The molecule has 1 heteroatoms. The molecule has 1 unspecified atom stereocenters. The highest BCUT2D eigenvalue weighted by Gasteiger charge is 2.15. The van der Waals surface area contributed by atoms with Gasteiger partial charge in [0, 0.05) is 5.56 Å². The normalized spacial score (nSPS) is 16.4. The van der Waals surface area contributed by atoms with Crippen LogP contribution in [0.2, 0.25) is 0 Å². The van der Waals surface area contributed by atoms with E-state index in [0.29, 0.717) is 5.92 Å². The fourth-order valence-electron chi connectivity index (χ4n) is 3.28. The summed E-state index contributed by atoms with van der Waals surface area (Å²) in [4.78, 5) is 0. The first kappa shape index (κ1) is 18.3. The van der Waals surface area contributed by atoms with Crippen LogP contribution in [0, 0.1) is 11.8 Å². The molecule has 0 saturated carbocycles. The summed E-state index contributed by atoms with van der Waals surface area (Å²) in [5.74, 6) is 8.22. The summed E-state index contributed by atoms with van der Waals surface area (Å²) in [5.41, 5.74) is 5.20. The number of aryl methyl sites for hydroxylation is 1. The first-order chi connectivity index (χ1) is 12.8. The van der Waals surface area contributed by atoms with E-state index < -0.39 is 0 Å². The molecule has 0 aliphatic heterocycles. The van der Waals surface area contributed by atoms with Crippen LogP contribution in [-0.4, -0.2) is 6.61 Å². The molecule has 2 aromatic carbocycles. The molecular weight excluding hydrogens is 316 g/mol. The van der Waals surface area contributed by atoms with Gasteiger partial charge in [0.1, 0.15) is 5.75 Å². The van der Waals surface area contributed by atoms with Crippen LogP contribution in [0.3, 0.4) is 0 Å². The topological polar surface area (TPSA) is 9.23 Å². The highest BCUT2D eigenvalue weighted by molar-refractivity contribution is 5.43. The van der Waals surface area contributed by atoms with Crippen molar-refractivity contribution >= 4 is 0 Å². The van der Waals surface area contributed by atoms with Gasteiger partial charge in [-0.1, -0.05) is 56.0 Å². The molecule has 1 nitrogen and oxygen atoms in total. The Morgan fingerprint density at radius 3 is 2.35 bits per heavy atom. The number of benzene rings is 2. The quantitative estimate of drug-likeness (QED) is 0.580. The highest BCUT2D eigenvalue weighted by atomic mass is 16.5. The Hall–Kier alpha value is -2.46. The molecule has 2 aromatic rings. The summed E-state index contributed by atoms with van der Waals surface area (Å²) < 4.78 is 5.61. The summed E-state index contributed by atoms with van der Waals surface area (Å²) in [6, 6.07) is 17.2. The van der Waals surface area contributed by atoms with Crippen LogP contribution >= 0.6 is 0 Å². The van der Waals surface area contributed by atoms with E-state index in [1.165, 1.54) is 23.1 Å². The molecule has 0 bridgehead atoms. The van der Waals surface area contributed by atoms with Crippen LogP contribution in [0.1, 0.15) is 62.1 Å². The van der Waals surface area contributed by atoms with Crippen LogP contribution in [0.15, 0.2) is 60.2 Å². The highest BCUT2D eigenvalue weighted by Crippen LogP contribution is 2.32. The van der Waals surface area contributed by atoms with Crippen LogP contribution in [0.4, 0.5) is 0 Å².